The predicted octanol–water partition coefficient (Wildman–Crippen LogP) is 3.65. The summed E-state index contributed by atoms with van der Waals surface area (Å²) in [7, 11) is 0. The first-order valence-electron chi connectivity index (χ1n) is 7.86. The number of nitrogens with one attached hydrogen (secondary N) is 1. The molecular weight excluding hydrogens is 345 g/mol. The van der Waals surface area contributed by atoms with E-state index in [-0.39, 0.29) is 16.8 Å². The van der Waals surface area contributed by atoms with E-state index >= 15 is 0 Å². The van der Waals surface area contributed by atoms with E-state index in [4.69, 9.17) is 0 Å². The number of benzene rings is 1. The second kappa shape index (κ2) is 5.69. The fourth-order valence-electron chi connectivity index (χ4n) is 2.93. The van der Waals surface area contributed by atoms with Gasteiger partial charge in [-0.3, -0.25) is 4.79 Å². The molecule has 0 spiro atoms. The van der Waals surface area contributed by atoms with Crippen molar-refractivity contribution >= 4 is 16.6 Å². The van der Waals surface area contributed by atoms with Gasteiger partial charge >= 0.3 is 6.18 Å². The van der Waals surface area contributed by atoms with E-state index in [1.165, 1.54) is 22.8 Å². The molecule has 1 aromatic carbocycles. The maximum atomic E-state index is 12.6. The lowest BCUT2D eigenvalue weighted by atomic mass is 10.1. The molecule has 0 fully saturated rings. The fraction of sp³-hybridized carbons (Fsp3) is 0.167. The van der Waals surface area contributed by atoms with E-state index in [2.05, 4.69) is 15.1 Å². The molecular formula is C18H13F3N4O. The molecule has 3 heterocycles. The maximum absolute atomic E-state index is 12.6. The Balaban J connectivity index is 1.86. The van der Waals surface area contributed by atoms with Crippen molar-refractivity contribution < 1.29 is 13.2 Å². The number of aromatic nitrogens is 4. The summed E-state index contributed by atoms with van der Waals surface area (Å²) in [5.74, 6) is 0.259. The number of hydrogen-bond acceptors (Lipinski definition) is 3. The molecule has 1 N–H and O–H groups in total. The SMILES string of the molecule is Cc1c(-c2nc3ccc(CC(F)(F)F)cn3n2)[nH]c2ccccc2c1=O. The maximum Gasteiger partial charge on any atom is 0.393 e. The molecule has 4 aromatic rings. The molecule has 0 aliphatic rings. The van der Waals surface area contributed by atoms with Crippen molar-refractivity contribution in [2.45, 2.75) is 19.5 Å². The van der Waals surface area contributed by atoms with Crippen LogP contribution in [0.3, 0.4) is 0 Å². The minimum absolute atomic E-state index is 0.0881. The number of alkyl halides is 3. The van der Waals surface area contributed by atoms with Gasteiger partial charge in [0.05, 0.1) is 12.1 Å². The van der Waals surface area contributed by atoms with Crippen LogP contribution < -0.4 is 5.43 Å². The Morgan fingerprint density at radius 2 is 1.92 bits per heavy atom. The van der Waals surface area contributed by atoms with Gasteiger partial charge in [0, 0.05) is 22.7 Å². The van der Waals surface area contributed by atoms with Crippen molar-refractivity contribution in [1.82, 2.24) is 19.6 Å². The van der Waals surface area contributed by atoms with Crippen LogP contribution in [0.25, 0.3) is 28.1 Å². The highest BCUT2D eigenvalue weighted by atomic mass is 19.4. The zero-order valence-electron chi connectivity index (χ0n) is 13.6. The van der Waals surface area contributed by atoms with E-state index in [0.29, 0.717) is 27.8 Å². The Bertz CT molecular complexity index is 1190. The van der Waals surface area contributed by atoms with Gasteiger partial charge < -0.3 is 4.98 Å². The van der Waals surface area contributed by atoms with Gasteiger partial charge in [0.2, 0.25) is 0 Å². The molecule has 3 aromatic heterocycles. The molecule has 0 aliphatic carbocycles. The average molecular weight is 358 g/mol. The van der Waals surface area contributed by atoms with Crippen LogP contribution in [0, 0.1) is 6.92 Å². The lowest BCUT2D eigenvalue weighted by molar-refractivity contribution is -0.127. The molecule has 0 aliphatic heterocycles. The summed E-state index contributed by atoms with van der Waals surface area (Å²) in [6.45, 7) is 1.67. The number of pyridine rings is 2. The van der Waals surface area contributed by atoms with E-state index in [9.17, 15) is 18.0 Å². The number of rotatable bonds is 2. The molecule has 8 heteroatoms. The zero-order chi connectivity index (χ0) is 18.5. The standard InChI is InChI=1S/C18H13F3N4O/c1-10-15(22-13-5-3-2-4-12(13)16(10)26)17-23-14-7-6-11(8-18(19,20)21)9-25(14)24-17/h2-7,9H,8H2,1H3,(H,22,26). The Morgan fingerprint density at radius 1 is 1.15 bits per heavy atom. The minimum atomic E-state index is -4.29. The molecule has 0 saturated heterocycles. The van der Waals surface area contributed by atoms with Crippen molar-refractivity contribution in [2.24, 2.45) is 0 Å². The third kappa shape index (κ3) is 2.83. The quantitative estimate of drug-likeness (QED) is 0.595. The van der Waals surface area contributed by atoms with Crippen molar-refractivity contribution in [3.63, 3.8) is 0 Å². The van der Waals surface area contributed by atoms with Crippen LogP contribution in [0.5, 0.6) is 0 Å². The Labute approximate surface area is 145 Å². The Morgan fingerprint density at radius 3 is 2.69 bits per heavy atom. The third-order valence-corrected chi connectivity index (χ3v) is 4.17. The first kappa shape index (κ1) is 16.3. The van der Waals surface area contributed by atoms with E-state index in [1.807, 2.05) is 0 Å². The van der Waals surface area contributed by atoms with Gasteiger partial charge in [0.15, 0.2) is 16.9 Å². The highest BCUT2D eigenvalue weighted by molar-refractivity contribution is 5.82. The largest absolute Gasteiger partial charge is 0.393 e. The molecule has 5 nitrogen and oxygen atoms in total. The lowest BCUT2D eigenvalue weighted by Crippen LogP contribution is -2.12. The molecule has 0 bridgehead atoms. The summed E-state index contributed by atoms with van der Waals surface area (Å²) in [4.78, 5) is 20.0. The molecule has 0 radical (unpaired) electrons. The third-order valence-electron chi connectivity index (χ3n) is 4.17. The zero-order valence-corrected chi connectivity index (χ0v) is 13.6. The van der Waals surface area contributed by atoms with Gasteiger partial charge in [-0.2, -0.15) is 13.2 Å². The molecule has 4 rings (SSSR count). The van der Waals surface area contributed by atoms with Crippen molar-refractivity contribution in [3.8, 4) is 11.5 Å². The van der Waals surface area contributed by atoms with Crippen LogP contribution in [0.4, 0.5) is 13.2 Å². The molecule has 0 amide bonds. The predicted molar refractivity (Wildman–Crippen MR) is 91.0 cm³/mol. The summed E-state index contributed by atoms with van der Waals surface area (Å²) < 4.78 is 39.0. The van der Waals surface area contributed by atoms with Crippen LogP contribution in [-0.2, 0) is 6.42 Å². The number of halogens is 3. The average Bonchev–Trinajstić information content (AvgIpc) is 2.99. The molecule has 0 unspecified atom stereocenters. The van der Waals surface area contributed by atoms with Gasteiger partial charge in [0.25, 0.3) is 0 Å². The normalized spacial score (nSPS) is 12.2. The van der Waals surface area contributed by atoms with Crippen LogP contribution in [0.2, 0.25) is 0 Å². The summed E-state index contributed by atoms with van der Waals surface area (Å²) >= 11 is 0. The van der Waals surface area contributed by atoms with Crippen LogP contribution in [0.15, 0.2) is 47.4 Å². The Hall–Kier alpha value is -3.16. The van der Waals surface area contributed by atoms with E-state index < -0.39 is 12.6 Å². The molecule has 0 saturated carbocycles. The highest BCUT2D eigenvalue weighted by Crippen LogP contribution is 2.23. The lowest BCUT2D eigenvalue weighted by Gasteiger charge is -2.05. The van der Waals surface area contributed by atoms with Crippen molar-refractivity contribution in [3.05, 3.63) is 63.9 Å². The number of hydrogen-bond donors (Lipinski definition) is 1. The van der Waals surface area contributed by atoms with E-state index in [1.54, 1.807) is 31.2 Å². The number of fused-ring (bicyclic) bond motifs is 2. The van der Waals surface area contributed by atoms with Gasteiger partial charge in [0.1, 0.15) is 0 Å². The number of H-pyrrole nitrogens is 1. The smallest absolute Gasteiger partial charge is 0.351 e. The first-order valence-corrected chi connectivity index (χ1v) is 7.86. The Kier molecular flexibility index (Phi) is 3.57. The van der Waals surface area contributed by atoms with Crippen LogP contribution >= 0.6 is 0 Å². The number of nitrogens with zero attached hydrogens (tertiary/aromatic N) is 3. The molecule has 132 valence electrons. The monoisotopic (exact) mass is 358 g/mol. The molecule has 0 atom stereocenters. The van der Waals surface area contributed by atoms with Crippen LogP contribution in [0.1, 0.15) is 11.1 Å². The number of para-hydroxylation sites is 1. The molecule has 26 heavy (non-hydrogen) atoms. The topological polar surface area (TPSA) is 63.1 Å². The van der Waals surface area contributed by atoms with Gasteiger partial charge in [-0.1, -0.05) is 18.2 Å². The van der Waals surface area contributed by atoms with E-state index in [0.717, 1.165) is 0 Å². The van der Waals surface area contributed by atoms with Gasteiger partial charge in [-0.05, 0) is 30.7 Å². The minimum Gasteiger partial charge on any atom is -0.351 e. The summed E-state index contributed by atoms with van der Waals surface area (Å²) in [6.07, 6.45) is -4.03. The summed E-state index contributed by atoms with van der Waals surface area (Å²) in [6, 6.07) is 9.94. The summed E-state index contributed by atoms with van der Waals surface area (Å²) in [5.41, 5.74) is 1.91. The number of aromatic amines is 1. The highest BCUT2D eigenvalue weighted by Gasteiger charge is 2.28. The second-order valence-corrected chi connectivity index (χ2v) is 6.07. The van der Waals surface area contributed by atoms with Crippen molar-refractivity contribution in [2.75, 3.05) is 0 Å². The van der Waals surface area contributed by atoms with Gasteiger partial charge in [-0.25, -0.2) is 9.50 Å². The first-order chi connectivity index (χ1) is 12.3. The second-order valence-electron chi connectivity index (χ2n) is 6.07. The summed E-state index contributed by atoms with van der Waals surface area (Å²) in [5, 5.41) is 4.81. The van der Waals surface area contributed by atoms with Gasteiger partial charge in [-0.15, -0.1) is 5.10 Å². The van der Waals surface area contributed by atoms with Crippen molar-refractivity contribution in [1.29, 1.82) is 0 Å². The van der Waals surface area contributed by atoms with Crippen LogP contribution in [-0.4, -0.2) is 25.8 Å². The fourth-order valence-corrected chi connectivity index (χ4v) is 2.93.